The molecule has 1 unspecified atom stereocenters. The van der Waals surface area contributed by atoms with Crippen LogP contribution in [0.3, 0.4) is 0 Å². The monoisotopic (exact) mass is 352 g/mol. The highest BCUT2D eigenvalue weighted by molar-refractivity contribution is 9.10. The van der Waals surface area contributed by atoms with Crippen molar-refractivity contribution in [1.82, 2.24) is 0 Å². The number of aliphatic hydroxyl groups excluding tert-OH is 1. The topological polar surface area (TPSA) is 29.5 Å². The smallest absolute Gasteiger partial charge is 0.119 e. The first-order chi connectivity index (χ1) is 9.75. The van der Waals surface area contributed by atoms with Crippen LogP contribution >= 0.6 is 27.7 Å². The minimum absolute atomic E-state index is 0.408. The number of thioether (sulfide) groups is 1. The van der Waals surface area contributed by atoms with E-state index in [4.69, 9.17) is 4.74 Å². The summed E-state index contributed by atoms with van der Waals surface area (Å²) in [5.74, 6) is 2.42. The van der Waals surface area contributed by atoms with E-state index in [1.165, 1.54) is 0 Å². The Morgan fingerprint density at radius 1 is 1.05 bits per heavy atom. The lowest BCUT2D eigenvalue weighted by molar-refractivity contribution is 0.204. The largest absolute Gasteiger partial charge is 0.493 e. The van der Waals surface area contributed by atoms with E-state index in [-0.39, 0.29) is 0 Å². The average molecular weight is 353 g/mol. The summed E-state index contributed by atoms with van der Waals surface area (Å²) < 4.78 is 6.67. The summed E-state index contributed by atoms with van der Waals surface area (Å²) in [5.41, 5.74) is 0.967. The van der Waals surface area contributed by atoms with Crippen molar-refractivity contribution in [3.63, 3.8) is 0 Å². The number of benzene rings is 2. The van der Waals surface area contributed by atoms with E-state index >= 15 is 0 Å². The van der Waals surface area contributed by atoms with Crippen LogP contribution in [-0.2, 0) is 0 Å². The summed E-state index contributed by atoms with van der Waals surface area (Å²) in [5, 5.41) is 10.0. The van der Waals surface area contributed by atoms with E-state index in [1.807, 2.05) is 54.6 Å². The number of hydrogen-bond donors (Lipinski definition) is 1. The summed E-state index contributed by atoms with van der Waals surface area (Å²) in [6, 6.07) is 17.5. The number of ether oxygens (including phenoxy) is 1. The Hall–Kier alpha value is -0.970. The molecule has 1 atom stereocenters. The molecule has 2 rings (SSSR count). The Kier molecular flexibility index (Phi) is 6.43. The zero-order chi connectivity index (χ0) is 14.2. The second-order valence-corrected chi connectivity index (χ2v) is 6.37. The quantitative estimate of drug-likeness (QED) is 0.753. The zero-order valence-corrected chi connectivity index (χ0v) is 13.4. The maximum atomic E-state index is 10.0. The van der Waals surface area contributed by atoms with Gasteiger partial charge in [0.2, 0.25) is 0 Å². The average Bonchev–Trinajstić information content (AvgIpc) is 2.49. The third-order valence-electron chi connectivity index (χ3n) is 2.77. The van der Waals surface area contributed by atoms with Gasteiger partial charge in [-0.2, -0.15) is 11.8 Å². The third-order valence-corrected chi connectivity index (χ3v) is 4.31. The fourth-order valence-electron chi connectivity index (χ4n) is 1.72. The van der Waals surface area contributed by atoms with Gasteiger partial charge in [-0.1, -0.05) is 46.3 Å². The van der Waals surface area contributed by atoms with E-state index in [1.54, 1.807) is 11.8 Å². The van der Waals surface area contributed by atoms with Crippen LogP contribution in [0.25, 0.3) is 0 Å². The van der Waals surface area contributed by atoms with Gasteiger partial charge in [0.1, 0.15) is 5.75 Å². The van der Waals surface area contributed by atoms with E-state index < -0.39 is 6.10 Å². The Bertz CT molecular complexity index is 502. The molecule has 0 fully saturated rings. The summed E-state index contributed by atoms with van der Waals surface area (Å²) in [4.78, 5) is 0. The molecule has 2 aromatic rings. The number of halogens is 1. The van der Waals surface area contributed by atoms with Crippen LogP contribution in [0.5, 0.6) is 5.75 Å². The third kappa shape index (κ3) is 5.19. The SMILES string of the molecule is OC(CSCCOc1ccc(Br)cc1)c1ccccc1. The fraction of sp³-hybridized carbons (Fsp3) is 0.250. The molecule has 1 N–H and O–H groups in total. The molecule has 0 aromatic heterocycles. The molecule has 2 nitrogen and oxygen atoms in total. The second kappa shape index (κ2) is 8.35. The first-order valence-corrected chi connectivity index (χ1v) is 8.39. The van der Waals surface area contributed by atoms with Gasteiger partial charge in [0, 0.05) is 16.0 Å². The van der Waals surface area contributed by atoms with Gasteiger partial charge < -0.3 is 9.84 Å². The van der Waals surface area contributed by atoms with E-state index in [9.17, 15) is 5.11 Å². The predicted molar refractivity (Wildman–Crippen MR) is 88.4 cm³/mol. The maximum Gasteiger partial charge on any atom is 0.119 e. The van der Waals surface area contributed by atoms with Crippen LogP contribution in [0.15, 0.2) is 59.1 Å². The van der Waals surface area contributed by atoms with Crippen molar-refractivity contribution in [2.75, 3.05) is 18.1 Å². The standard InChI is InChI=1S/C16H17BrO2S/c17-14-6-8-15(9-7-14)19-10-11-20-12-16(18)13-4-2-1-3-5-13/h1-9,16,18H,10-12H2. The van der Waals surface area contributed by atoms with Crippen LogP contribution in [-0.4, -0.2) is 23.2 Å². The van der Waals surface area contributed by atoms with Crippen LogP contribution in [0, 0.1) is 0 Å². The normalized spacial score (nSPS) is 12.1. The van der Waals surface area contributed by atoms with Crippen molar-refractivity contribution < 1.29 is 9.84 Å². The first-order valence-electron chi connectivity index (χ1n) is 6.45. The molecule has 0 aliphatic rings. The van der Waals surface area contributed by atoms with Crippen LogP contribution in [0.4, 0.5) is 0 Å². The van der Waals surface area contributed by atoms with Gasteiger partial charge in [-0.05, 0) is 29.8 Å². The molecular formula is C16H17BrO2S. The molecular weight excluding hydrogens is 336 g/mol. The van der Waals surface area contributed by atoms with Gasteiger partial charge in [0.25, 0.3) is 0 Å². The van der Waals surface area contributed by atoms with E-state index in [2.05, 4.69) is 15.9 Å². The van der Waals surface area contributed by atoms with Crippen molar-refractivity contribution in [3.8, 4) is 5.75 Å². The van der Waals surface area contributed by atoms with Crippen LogP contribution < -0.4 is 4.74 Å². The molecule has 0 saturated heterocycles. The molecule has 0 radical (unpaired) electrons. The molecule has 4 heteroatoms. The molecule has 2 aromatic carbocycles. The number of hydrogen-bond acceptors (Lipinski definition) is 3. The highest BCUT2D eigenvalue weighted by Crippen LogP contribution is 2.19. The van der Waals surface area contributed by atoms with Crippen LogP contribution in [0.1, 0.15) is 11.7 Å². The van der Waals surface area contributed by atoms with Crippen molar-refractivity contribution in [1.29, 1.82) is 0 Å². The van der Waals surface area contributed by atoms with Crippen molar-refractivity contribution >= 4 is 27.7 Å². The maximum absolute atomic E-state index is 10.0. The summed E-state index contributed by atoms with van der Waals surface area (Å²) in [7, 11) is 0. The van der Waals surface area contributed by atoms with Crippen LogP contribution in [0.2, 0.25) is 0 Å². The lowest BCUT2D eigenvalue weighted by Crippen LogP contribution is -2.05. The Morgan fingerprint density at radius 2 is 1.75 bits per heavy atom. The van der Waals surface area contributed by atoms with Crippen molar-refractivity contribution in [3.05, 3.63) is 64.6 Å². The van der Waals surface area contributed by atoms with Crippen molar-refractivity contribution in [2.24, 2.45) is 0 Å². The minimum Gasteiger partial charge on any atom is -0.493 e. The first kappa shape index (κ1) is 15.4. The Balaban J connectivity index is 1.63. The predicted octanol–water partition coefficient (Wildman–Crippen LogP) is 4.29. The lowest BCUT2D eigenvalue weighted by Gasteiger charge is -2.11. The molecule has 0 aliphatic carbocycles. The minimum atomic E-state index is -0.408. The summed E-state index contributed by atoms with van der Waals surface area (Å²) in [6.07, 6.45) is -0.408. The molecule has 106 valence electrons. The number of rotatable bonds is 7. The van der Waals surface area contributed by atoms with Gasteiger partial charge in [-0.25, -0.2) is 0 Å². The molecule has 0 saturated carbocycles. The number of aliphatic hydroxyl groups is 1. The summed E-state index contributed by atoms with van der Waals surface area (Å²) >= 11 is 5.08. The molecule has 0 amide bonds. The van der Waals surface area contributed by atoms with Crippen molar-refractivity contribution in [2.45, 2.75) is 6.10 Å². The highest BCUT2D eigenvalue weighted by atomic mass is 79.9. The Morgan fingerprint density at radius 3 is 2.45 bits per heavy atom. The summed E-state index contributed by atoms with van der Waals surface area (Å²) in [6.45, 7) is 0.647. The van der Waals surface area contributed by atoms with E-state index in [0.717, 1.165) is 21.5 Å². The zero-order valence-electron chi connectivity index (χ0n) is 11.0. The van der Waals surface area contributed by atoms with Gasteiger partial charge in [0.05, 0.1) is 12.7 Å². The molecule has 0 spiro atoms. The second-order valence-electron chi connectivity index (χ2n) is 4.30. The van der Waals surface area contributed by atoms with Gasteiger partial charge in [-0.3, -0.25) is 0 Å². The molecule has 20 heavy (non-hydrogen) atoms. The van der Waals surface area contributed by atoms with Gasteiger partial charge in [0.15, 0.2) is 0 Å². The molecule has 0 heterocycles. The fourth-order valence-corrected chi connectivity index (χ4v) is 2.76. The van der Waals surface area contributed by atoms with Gasteiger partial charge >= 0.3 is 0 Å². The Labute approximate surface area is 132 Å². The lowest BCUT2D eigenvalue weighted by atomic mass is 10.1. The molecule has 0 aliphatic heterocycles. The molecule has 0 bridgehead atoms. The van der Waals surface area contributed by atoms with E-state index in [0.29, 0.717) is 12.4 Å². The highest BCUT2D eigenvalue weighted by Gasteiger charge is 2.06. The van der Waals surface area contributed by atoms with Gasteiger partial charge in [-0.15, -0.1) is 0 Å².